The van der Waals surface area contributed by atoms with Gasteiger partial charge in [0.15, 0.2) is 5.75 Å². The van der Waals surface area contributed by atoms with Crippen molar-refractivity contribution in [3.8, 4) is 23.0 Å². The highest BCUT2D eigenvalue weighted by Gasteiger charge is 2.16. The second-order valence-electron chi connectivity index (χ2n) is 13.9. The first kappa shape index (κ1) is 42.2. The lowest BCUT2D eigenvalue weighted by Crippen LogP contribution is -1.97. The van der Waals surface area contributed by atoms with Gasteiger partial charge in [-0.25, -0.2) is 0 Å². The van der Waals surface area contributed by atoms with Crippen molar-refractivity contribution in [2.75, 3.05) is 19.5 Å². The molecule has 0 aromatic heterocycles. The van der Waals surface area contributed by atoms with Gasteiger partial charge in [0, 0.05) is 35.0 Å². The third kappa shape index (κ3) is 9.59. The van der Waals surface area contributed by atoms with Gasteiger partial charge in [-0.15, -0.1) is 25.6 Å². The minimum Gasteiger partial charge on any atom is -0.506 e. The van der Waals surface area contributed by atoms with E-state index >= 15 is 0 Å². The fourth-order valence-electron chi connectivity index (χ4n) is 6.22. The topological polar surface area (TPSA) is 224 Å². The lowest BCUT2D eigenvalue weighted by Gasteiger charge is -2.09. The fraction of sp³-hybridized carbons (Fsp3) is 0.111. The second-order valence-corrected chi connectivity index (χ2v) is 15.2. The Balaban J connectivity index is 1.06. The number of methoxy groups -OCH3 is 2. The summed E-state index contributed by atoms with van der Waals surface area (Å²) in [4.78, 5) is -0.367. The van der Waals surface area contributed by atoms with Crippen molar-refractivity contribution >= 4 is 77.8 Å². The van der Waals surface area contributed by atoms with Crippen molar-refractivity contribution in [1.82, 2.24) is 0 Å². The van der Waals surface area contributed by atoms with Crippen LogP contribution in [0.4, 0.5) is 56.9 Å². The quantitative estimate of drug-likeness (QED) is 0.0643. The first-order valence-electron chi connectivity index (χ1n) is 18.8. The highest BCUT2D eigenvalue weighted by molar-refractivity contribution is 7.86. The van der Waals surface area contributed by atoms with Crippen LogP contribution in [-0.2, 0) is 10.1 Å². The number of anilines is 2. The largest absolute Gasteiger partial charge is 0.506 e. The third-order valence-electron chi connectivity index (χ3n) is 9.53. The molecule has 0 radical (unpaired) electrons. The molecule has 0 bridgehead atoms. The van der Waals surface area contributed by atoms with Crippen molar-refractivity contribution in [2.24, 2.45) is 40.9 Å². The van der Waals surface area contributed by atoms with Crippen LogP contribution in [0.2, 0.25) is 0 Å². The lowest BCUT2D eigenvalue weighted by atomic mass is 10.1. The maximum atomic E-state index is 11.8. The van der Waals surface area contributed by atoms with E-state index in [0.29, 0.717) is 62.0 Å². The van der Waals surface area contributed by atoms with Crippen LogP contribution in [0.15, 0.2) is 167 Å². The molecule has 0 aliphatic carbocycles. The van der Waals surface area contributed by atoms with E-state index in [4.69, 9.17) is 9.47 Å². The normalized spacial score (nSPS) is 12.0. The zero-order chi connectivity index (χ0) is 44.0. The average molecular weight is 850 g/mol. The number of nitrogens with zero attached hydrogens (tertiary/aromatic N) is 8. The number of ether oxygens (including phenoxy) is 2. The van der Waals surface area contributed by atoms with Gasteiger partial charge < -0.3 is 25.0 Å². The van der Waals surface area contributed by atoms with E-state index in [0.717, 1.165) is 16.8 Å². The lowest BCUT2D eigenvalue weighted by molar-refractivity contribution is 0.415. The molecule has 17 heteroatoms. The number of benzene rings is 7. The van der Waals surface area contributed by atoms with E-state index in [2.05, 4.69) is 46.2 Å². The molecule has 7 aromatic rings. The minimum atomic E-state index is -4.50. The molecule has 7 rings (SSSR count). The number of hydrogen-bond donors (Lipinski definition) is 4. The maximum Gasteiger partial charge on any atom is 0.296 e. The van der Waals surface area contributed by atoms with Gasteiger partial charge in [-0.05, 0) is 110 Å². The summed E-state index contributed by atoms with van der Waals surface area (Å²) in [5, 5.41) is 61.0. The molecule has 7 aromatic carbocycles. The molecule has 0 aliphatic rings. The zero-order valence-corrected chi connectivity index (χ0v) is 34.8. The number of phenols is 2. The number of fused-ring (bicyclic) bond motifs is 1. The van der Waals surface area contributed by atoms with Crippen LogP contribution in [0.25, 0.3) is 10.8 Å². The van der Waals surface area contributed by atoms with Gasteiger partial charge in [0.1, 0.15) is 50.6 Å². The van der Waals surface area contributed by atoms with Gasteiger partial charge in [0.25, 0.3) is 10.1 Å². The van der Waals surface area contributed by atoms with Crippen LogP contribution >= 0.6 is 0 Å². The fourth-order valence-corrected chi connectivity index (χ4v) is 6.84. The van der Waals surface area contributed by atoms with E-state index in [9.17, 15) is 23.2 Å². The number of hydrogen-bond acceptors (Lipinski definition) is 15. The molecule has 62 heavy (non-hydrogen) atoms. The molecule has 0 fully saturated rings. The number of aromatic hydroxyl groups is 2. The summed E-state index contributed by atoms with van der Waals surface area (Å²) in [6.07, 6.45) is 0. The van der Waals surface area contributed by atoms with Gasteiger partial charge in [-0.2, -0.15) is 23.8 Å². The summed E-state index contributed by atoms with van der Waals surface area (Å²) >= 11 is 0. The summed E-state index contributed by atoms with van der Waals surface area (Å²) in [6, 6.07) is 34.3. The molecule has 4 N–H and O–H groups in total. The SMILES string of the molecule is COc1cc(N=Nc2cc(C)c(N=Nc3ccccc3S(=O)(=O)O)cc2OC)c(C)cc1N=Nc1cc(O)c(N=Nc2ccc3cc(Nc4ccccc4)ccc3c2O)cc1C. The van der Waals surface area contributed by atoms with Crippen molar-refractivity contribution < 1.29 is 32.7 Å². The molecular formula is C45H39N9O7S. The molecule has 312 valence electrons. The molecule has 0 amide bonds. The van der Waals surface area contributed by atoms with Crippen molar-refractivity contribution in [1.29, 1.82) is 0 Å². The molecule has 0 heterocycles. The summed E-state index contributed by atoms with van der Waals surface area (Å²) in [5.74, 6) is 0.470. The van der Waals surface area contributed by atoms with Gasteiger partial charge in [-0.3, -0.25) is 4.55 Å². The van der Waals surface area contributed by atoms with E-state index in [1.165, 1.54) is 38.5 Å². The van der Waals surface area contributed by atoms with E-state index in [1.54, 1.807) is 56.3 Å². The molecule has 16 nitrogen and oxygen atoms in total. The monoisotopic (exact) mass is 849 g/mol. The smallest absolute Gasteiger partial charge is 0.296 e. The Labute approximate surface area is 356 Å². The molecular weight excluding hydrogens is 811 g/mol. The Hall–Kier alpha value is -7.89. The predicted octanol–water partition coefficient (Wildman–Crippen LogP) is 13.8. The Kier molecular flexibility index (Phi) is 12.4. The maximum absolute atomic E-state index is 11.8. The third-order valence-corrected chi connectivity index (χ3v) is 10.4. The molecule has 0 saturated carbocycles. The summed E-state index contributed by atoms with van der Waals surface area (Å²) in [6.45, 7) is 5.39. The van der Waals surface area contributed by atoms with Crippen molar-refractivity contribution in [3.05, 3.63) is 138 Å². The molecule has 0 unspecified atom stereocenters. The predicted molar refractivity (Wildman–Crippen MR) is 237 cm³/mol. The Morgan fingerprint density at radius 1 is 0.484 bits per heavy atom. The summed E-state index contributed by atoms with van der Waals surface area (Å²) in [7, 11) is -1.55. The number of rotatable bonds is 13. The molecule has 0 aliphatic heterocycles. The van der Waals surface area contributed by atoms with Crippen LogP contribution in [0.1, 0.15) is 16.7 Å². The average Bonchev–Trinajstić information content (AvgIpc) is 3.26. The Morgan fingerprint density at radius 2 is 0.984 bits per heavy atom. The molecule has 0 spiro atoms. The van der Waals surface area contributed by atoms with Crippen molar-refractivity contribution in [3.63, 3.8) is 0 Å². The van der Waals surface area contributed by atoms with Crippen molar-refractivity contribution in [2.45, 2.75) is 25.7 Å². The van der Waals surface area contributed by atoms with Crippen LogP contribution < -0.4 is 14.8 Å². The number of phenolic OH excluding ortho intramolecular Hbond substituents is 2. The Bertz CT molecular complexity index is 3070. The minimum absolute atomic E-state index is 0.0263. The highest BCUT2D eigenvalue weighted by atomic mass is 32.2. The Morgan fingerprint density at radius 3 is 1.58 bits per heavy atom. The van der Waals surface area contributed by atoms with Crippen LogP contribution in [-0.4, -0.2) is 37.4 Å². The van der Waals surface area contributed by atoms with Gasteiger partial charge in [0.05, 0.1) is 31.3 Å². The molecule has 0 atom stereocenters. The molecule has 0 saturated heterocycles. The number of aryl methyl sites for hydroxylation is 3. The van der Waals surface area contributed by atoms with Gasteiger partial charge in [-0.1, -0.05) is 36.4 Å². The van der Waals surface area contributed by atoms with Gasteiger partial charge >= 0.3 is 0 Å². The van der Waals surface area contributed by atoms with E-state index in [1.807, 2.05) is 61.5 Å². The second kappa shape index (κ2) is 18.2. The summed E-state index contributed by atoms with van der Waals surface area (Å²) in [5.41, 5.74) is 6.26. The van der Waals surface area contributed by atoms with Crippen LogP contribution in [0.5, 0.6) is 23.0 Å². The first-order chi connectivity index (χ1) is 29.8. The zero-order valence-electron chi connectivity index (χ0n) is 34.0. The van der Waals surface area contributed by atoms with Crippen LogP contribution in [0.3, 0.4) is 0 Å². The number of para-hydroxylation sites is 1. The van der Waals surface area contributed by atoms with Gasteiger partial charge in [0.2, 0.25) is 0 Å². The number of nitrogens with one attached hydrogen (secondary N) is 1. The van der Waals surface area contributed by atoms with E-state index in [-0.39, 0.29) is 33.5 Å². The first-order valence-corrected chi connectivity index (χ1v) is 20.3. The standard InChI is InChI=1S/C45H39N9O7S/c1-26-19-38(52-48-34-18-15-29-22-31(16-17-32(29)45(34)56)46-30-11-7-6-8-12-30)41(55)23-35(26)49-53-39-21-28(3)37(25-43(39)61-5)51-54-40-20-27(2)36(24-42(40)60-4)50-47-33-13-9-10-14-44(33)62(57,58)59/h6-25,46,55-56H,1-5H3,(H,57,58,59). The van der Waals surface area contributed by atoms with Crippen LogP contribution in [0, 0.1) is 20.8 Å². The summed E-state index contributed by atoms with van der Waals surface area (Å²) < 4.78 is 44.2. The van der Waals surface area contributed by atoms with E-state index < -0.39 is 10.1 Å². The number of azo groups is 4. The highest BCUT2D eigenvalue weighted by Crippen LogP contribution is 2.42.